The number of nitrogens with zero attached hydrogens (tertiary/aromatic N) is 1. The molecule has 0 aliphatic carbocycles. The van der Waals surface area contributed by atoms with E-state index in [1.165, 1.54) is 0 Å². The SMILES string of the molecule is COc1cc(C(=O)NC2CCN(CCN)CC2)ccc1N. The minimum absolute atomic E-state index is 0.0782. The molecular weight excluding hydrogens is 268 g/mol. The Morgan fingerprint density at radius 1 is 1.43 bits per heavy atom. The van der Waals surface area contributed by atoms with Gasteiger partial charge in [0.15, 0.2) is 0 Å². The van der Waals surface area contributed by atoms with Crippen molar-refractivity contribution in [2.75, 3.05) is 39.0 Å². The van der Waals surface area contributed by atoms with Gasteiger partial charge in [0.05, 0.1) is 12.8 Å². The Hall–Kier alpha value is -1.79. The van der Waals surface area contributed by atoms with Crippen LogP contribution in [0.15, 0.2) is 18.2 Å². The molecular formula is C15H24N4O2. The van der Waals surface area contributed by atoms with Crippen LogP contribution in [0.2, 0.25) is 0 Å². The summed E-state index contributed by atoms with van der Waals surface area (Å²) >= 11 is 0. The summed E-state index contributed by atoms with van der Waals surface area (Å²) < 4.78 is 5.14. The summed E-state index contributed by atoms with van der Waals surface area (Å²) in [7, 11) is 1.54. The normalized spacial score (nSPS) is 16.7. The molecule has 0 atom stereocenters. The first-order valence-electron chi connectivity index (χ1n) is 7.31. The van der Waals surface area contributed by atoms with E-state index in [1.807, 2.05) is 0 Å². The molecule has 0 radical (unpaired) electrons. The summed E-state index contributed by atoms with van der Waals surface area (Å²) in [5.74, 6) is 0.450. The minimum Gasteiger partial charge on any atom is -0.495 e. The van der Waals surface area contributed by atoms with E-state index in [4.69, 9.17) is 16.2 Å². The molecule has 1 aliphatic rings. The van der Waals surface area contributed by atoms with Crippen LogP contribution in [0, 0.1) is 0 Å². The van der Waals surface area contributed by atoms with E-state index in [0.29, 0.717) is 23.5 Å². The van der Waals surface area contributed by atoms with Gasteiger partial charge in [0.1, 0.15) is 5.75 Å². The van der Waals surface area contributed by atoms with Crippen molar-refractivity contribution in [3.05, 3.63) is 23.8 Å². The van der Waals surface area contributed by atoms with Gasteiger partial charge in [0.2, 0.25) is 0 Å². The van der Waals surface area contributed by atoms with Crippen molar-refractivity contribution in [3.8, 4) is 5.75 Å². The Morgan fingerprint density at radius 3 is 2.76 bits per heavy atom. The van der Waals surface area contributed by atoms with Gasteiger partial charge in [-0.1, -0.05) is 0 Å². The van der Waals surface area contributed by atoms with Crippen molar-refractivity contribution in [3.63, 3.8) is 0 Å². The lowest BCUT2D eigenvalue weighted by Crippen LogP contribution is -2.45. The van der Waals surface area contributed by atoms with Crippen molar-refractivity contribution < 1.29 is 9.53 Å². The quantitative estimate of drug-likeness (QED) is 0.684. The third-order valence-corrected chi connectivity index (χ3v) is 3.86. The maximum absolute atomic E-state index is 12.3. The molecule has 116 valence electrons. The number of methoxy groups -OCH3 is 1. The van der Waals surface area contributed by atoms with Crippen LogP contribution in [0.3, 0.4) is 0 Å². The number of piperidine rings is 1. The van der Waals surface area contributed by atoms with E-state index < -0.39 is 0 Å². The van der Waals surface area contributed by atoms with E-state index in [0.717, 1.165) is 32.5 Å². The molecule has 6 nitrogen and oxygen atoms in total. The molecule has 1 saturated heterocycles. The second-order valence-corrected chi connectivity index (χ2v) is 5.33. The number of carbonyl (C=O) groups is 1. The van der Waals surface area contributed by atoms with Crippen LogP contribution in [0.4, 0.5) is 5.69 Å². The number of benzene rings is 1. The molecule has 1 aromatic rings. The Bertz CT molecular complexity index is 485. The highest BCUT2D eigenvalue weighted by molar-refractivity contribution is 5.95. The van der Waals surface area contributed by atoms with Crippen molar-refractivity contribution in [1.29, 1.82) is 0 Å². The lowest BCUT2D eigenvalue weighted by atomic mass is 10.0. The fourth-order valence-corrected chi connectivity index (χ4v) is 2.60. The van der Waals surface area contributed by atoms with Crippen LogP contribution in [-0.2, 0) is 0 Å². The molecule has 21 heavy (non-hydrogen) atoms. The van der Waals surface area contributed by atoms with Gasteiger partial charge in [0, 0.05) is 37.8 Å². The lowest BCUT2D eigenvalue weighted by molar-refractivity contribution is 0.0911. The van der Waals surface area contributed by atoms with Crippen LogP contribution in [0.5, 0.6) is 5.75 Å². The number of nitrogens with two attached hydrogens (primary N) is 2. The van der Waals surface area contributed by atoms with Crippen molar-refractivity contribution in [1.82, 2.24) is 10.2 Å². The molecule has 0 spiro atoms. The highest BCUT2D eigenvalue weighted by atomic mass is 16.5. The molecule has 5 N–H and O–H groups in total. The molecule has 0 bridgehead atoms. The number of hydrogen-bond acceptors (Lipinski definition) is 5. The van der Waals surface area contributed by atoms with Crippen molar-refractivity contribution in [2.24, 2.45) is 5.73 Å². The van der Waals surface area contributed by atoms with Gasteiger partial charge >= 0.3 is 0 Å². The topological polar surface area (TPSA) is 93.6 Å². The first kappa shape index (κ1) is 15.6. The number of carbonyl (C=O) groups excluding carboxylic acids is 1. The third-order valence-electron chi connectivity index (χ3n) is 3.86. The molecule has 1 aromatic carbocycles. The lowest BCUT2D eigenvalue weighted by Gasteiger charge is -2.32. The number of nitrogen functional groups attached to an aromatic ring is 1. The minimum atomic E-state index is -0.0782. The second-order valence-electron chi connectivity index (χ2n) is 5.33. The molecule has 1 heterocycles. The van der Waals surface area contributed by atoms with E-state index >= 15 is 0 Å². The summed E-state index contributed by atoms with van der Waals surface area (Å²) in [6.07, 6.45) is 1.91. The van der Waals surface area contributed by atoms with Crippen molar-refractivity contribution in [2.45, 2.75) is 18.9 Å². The molecule has 2 rings (SSSR count). The van der Waals surface area contributed by atoms with E-state index in [9.17, 15) is 4.79 Å². The summed E-state index contributed by atoms with van der Waals surface area (Å²) in [6, 6.07) is 5.30. The molecule has 6 heteroatoms. The second kappa shape index (κ2) is 7.28. The number of ether oxygens (including phenoxy) is 1. The number of hydrogen-bond donors (Lipinski definition) is 3. The van der Waals surface area contributed by atoms with Gasteiger partial charge in [-0.25, -0.2) is 0 Å². The van der Waals surface area contributed by atoms with Crippen LogP contribution >= 0.6 is 0 Å². The first-order chi connectivity index (χ1) is 10.1. The van der Waals surface area contributed by atoms with Gasteiger partial charge in [-0.05, 0) is 31.0 Å². The van der Waals surface area contributed by atoms with Crippen LogP contribution in [-0.4, -0.2) is 50.1 Å². The summed E-state index contributed by atoms with van der Waals surface area (Å²) in [6.45, 7) is 3.57. The largest absolute Gasteiger partial charge is 0.495 e. The van der Waals surface area contributed by atoms with Gasteiger partial charge in [-0.3, -0.25) is 4.79 Å². The Morgan fingerprint density at radius 2 is 2.14 bits per heavy atom. The fourth-order valence-electron chi connectivity index (χ4n) is 2.60. The molecule has 0 aromatic heterocycles. The van der Waals surface area contributed by atoms with E-state index in [1.54, 1.807) is 25.3 Å². The predicted molar refractivity (Wildman–Crippen MR) is 83.4 cm³/mol. The number of anilines is 1. The summed E-state index contributed by atoms with van der Waals surface area (Å²) in [5.41, 5.74) is 12.4. The number of amides is 1. The zero-order valence-electron chi connectivity index (χ0n) is 12.5. The molecule has 1 amide bonds. The molecule has 1 aliphatic heterocycles. The highest BCUT2D eigenvalue weighted by Crippen LogP contribution is 2.22. The number of likely N-dealkylation sites (tertiary alicyclic amines) is 1. The van der Waals surface area contributed by atoms with E-state index in [-0.39, 0.29) is 11.9 Å². The number of rotatable bonds is 5. The van der Waals surface area contributed by atoms with Crippen LogP contribution in [0.25, 0.3) is 0 Å². The van der Waals surface area contributed by atoms with Gasteiger partial charge in [0.25, 0.3) is 5.91 Å². The third kappa shape index (κ3) is 4.09. The maximum Gasteiger partial charge on any atom is 0.251 e. The zero-order chi connectivity index (χ0) is 15.2. The van der Waals surface area contributed by atoms with Gasteiger partial charge in [-0.2, -0.15) is 0 Å². The Kier molecular flexibility index (Phi) is 5.41. The smallest absolute Gasteiger partial charge is 0.251 e. The summed E-state index contributed by atoms with van der Waals surface area (Å²) in [5, 5.41) is 3.08. The van der Waals surface area contributed by atoms with Crippen LogP contribution < -0.4 is 21.5 Å². The summed E-state index contributed by atoms with van der Waals surface area (Å²) in [4.78, 5) is 14.6. The molecule has 0 saturated carbocycles. The van der Waals surface area contributed by atoms with Gasteiger partial charge in [-0.15, -0.1) is 0 Å². The fraction of sp³-hybridized carbons (Fsp3) is 0.533. The average Bonchev–Trinajstić information content (AvgIpc) is 2.50. The predicted octanol–water partition coefficient (Wildman–Crippen LogP) is 0.430. The van der Waals surface area contributed by atoms with Crippen LogP contribution in [0.1, 0.15) is 23.2 Å². The first-order valence-corrected chi connectivity index (χ1v) is 7.31. The monoisotopic (exact) mass is 292 g/mol. The maximum atomic E-state index is 12.3. The van der Waals surface area contributed by atoms with E-state index in [2.05, 4.69) is 10.2 Å². The van der Waals surface area contributed by atoms with Gasteiger partial charge < -0.3 is 26.4 Å². The molecule has 1 fully saturated rings. The number of nitrogens with one attached hydrogen (secondary N) is 1. The van der Waals surface area contributed by atoms with Crippen molar-refractivity contribution >= 4 is 11.6 Å². The standard InChI is InChI=1S/C15H24N4O2/c1-21-14-10-11(2-3-13(14)17)15(20)18-12-4-7-19(8-5-12)9-6-16/h2-3,10,12H,4-9,16-17H2,1H3,(H,18,20). The zero-order valence-corrected chi connectivity index (χ0v) is 12.5. The molecule has 0 unspecified atom stereocenters. The Balaban J connectivity index is 1.90. The Labute approximate surface area is 125 Å². The highest BCUT2D eigenvalue weighted by Gasteiger charge is 2.20. The average molecular weight is 292 g/mol.